The predicted octanol–water partition coefficient (Wildman–Crippen LogP) is 4.64. The van der Waals surface area contributed by atoms with E-state index in [0.29, 0.717) is 0 Å². The third-order valence-corrected chi connectivity index (χ3v) is 6.33. The fourth-order valence-corrected chi connectivity index (χ4v) is 4.63. The summed E-state index contributed by atoms with van der Waals surface area (Å²) in [6.07, 6.45) is 4.09. The molecule has 4 heteroatoms. The molecule has 146 valence electrons. The van der Waals surface area contributed by atoms with Crippen LogP contribution < -0.4 is 10.2 Å². The Morgan fingerprint density at radius 3 is 2.25 bits per heavy atom. The summed E-state index contributed by atoms with van der Waals surface area (Å²) in [6.45, 7) is 4.82. The van der Waals surface area contributed by atoms with Gasteiger partial charge in [0.05, 0.1) is 0 Å². The van der Waals surface area contributed by atoms with Crippen molar-refractivity contribution in [2.75, 3.05) is 16.8 Å². The van der Waals surface area contributed by atoms with Crippen LogP contribution in [0.3, 0.4) is 0 Å². The topological polar surface area (TPSA) is 49.4 Å². The first-order chi connectivity index (χ1) is 13.5. The number of nitrogens with one attached hydrogen (secondary N) is 1. The lowest BCUT2D eigenvalue weighted by atomic mass is 9.80. The second kappa shape index (κ2) is 7.78. The van der Waals surface area contributed by atoms with E-state index in [-0.39, 0.29) is 23.7 Å². The third-order valence-electron chi connectivity index (χ3n) is 6.33. The Morgan fingerprint density at radius 1 is 0.893 bits per heavy atom. The molecule has 0 bridgehead atoms. The van der Waals surface area contributed by atoms with E-state index in [2.05, 4.69) is 11.4 Å². The Bertz CT molecular complexity index is 877. The van der Waals surface area contributed by atoms with Crippen molar-refractivity contribution in [1.82, 2.24) is 0 Å². The molecule has 0 unspecified atom stereocenters. The molecule has 1 aliphatic heterocycles. The average molecular weight is 377 g/mol. The summed E-state index contributed by atoms with van der Waals surface area (Å²) < 4.78 is 0. The minimum Gasteiger partial charge on any atom is -0.325 e. The lowest BCUT2D eigenvalue weighted by molar-refractivity contribution is -0.126. The third kappa shape index (κ3) is 3.56. The smallest absolute Gasteiger partial charge is 0.230 e. The molecule has 0 saturated heterocycles. The largest absolute Gasteiger partial charge is 0.325 e. The standard InChI is InChI=1S/C24H28N2O2/c1-16-6-5-7-17(2)22(16)25-23(27)19-10-12-20(13-11-19)24(28)26-15-14-18-8-3-4-9-21(18)26/h3-9,19-20H,10-15H2,1-2H3,(H,25,27). The number of para-hydroxylation sites is 2. The Labute approximate surface area is 166 Å². The summed E-state index contributed by atoms with van der Waals surface area (Å²) in [5.41, 5.74) is 5.44. The van der Waals surface area contributed by atoms with Gasteiger partial charge in [0.15, 0.2) is 0 Å². The number of fused-ring (bicyclic) bond motifs is 1. The Hall–Kier alpha value is -2.62. The van der Waals surface area contributed by atoms with E-state index in [4.69, 9.17) is 0 Å². The van der Waals surface area contributed by atoms with E-state index in [0.717, 1.165) is 61.2 Å². The fourth-order valence-electron chi connectivity index (χ4n) is 4.63. The number of hydrogen-bond donors (Lipinski definition) is 1. The van der Waals surface area contributed by atoms with Gasteiger partial charge >= 0.3 is 0 Å². The highest BCUT2D eigenvalue weighted by atomic mass is 16.2. The van der Waals surface area contributed by atoms with Crippen LogP contribution in [-0.4, -0.2) is 18.4 Å². The van der Waals surface area contributed by atoms with Gasteiger partial charge in [-0.1, -0.05) is 36.4 Å². The summed E-state index contributed by atoms with van der Waals surface area (Å²) in [7, 11) is 0. The van der Waals surface area contributed by atoms with Gasteiger partial charge in [-0.3, -0.25) is 9.59 Å². The van der Waals surface area contributed by atoms with Crippen LogP contribution in [0.2, 0.25) is 0 Å². The van der Waals surface area contributed by atoms with Crippen molar-refractivity contribution in [3.8, 4) is 0 Å². The number of anilines is 2. The Balaban J connectivity index is 1.36. The first-order valence-electron chi connectivity index (χ1n) is 10.3. The van der Waals surface area contributed by atoms with E-state index >= 15 is 0 Å². The quantitative estimate of drug-likeness (QED) is 0.848. The van der Waals surface area contributed by atoms with E-state index < -0.39 is 0 Å². The highest BCUT2D eigenvalue weighted by Crippen LogP contribution is 2.35. The van der Waals surface area contributed by atoms with Crippen LogP contribution in [0.4, 0.5) is 11.4 Å². The molecule has 2 aliphatic rings. The fraction of sp³-hybridized carbons (Fsp3) is 0.417. The maximum atomic E-state index is 13.0. The minimum atomic E-state index is -0.00563. The number of benzene rings is 2. The molecule has 1 fully saturated rings. The summed E-state index contributed by atoms with van der Waals surface area (Å²) in [5.74, 6) is 0.359. The average Bonchev–Trinajstić information content (AvgIpc) is 3.14. The number of rotatable bonds is 3. The molecule has 1 saturated carbocycles. The summed E-state index contributed by atoms with van der Waals surface area (Å²) in [6, 6.07) is 14.2. The molecule has 2 amide bonds. The zero-order valence-corrected chi connectivity index (χ0v) is 16.7. The summed E-state index contributed by atoms with van der Waals surface area (Å²) in [5, 5.41) is 3.13. The van der Waals surface area contributed by atoms with Gasteiger partial charge in [-0.15, -0.1) is 0 Å². The van der Waals surface area contributed by atoms with Crippen LogP contribution in [0.15, 0.2) is 42.5 Å². The van der Waals surface area contributed by atoms with Crippen molar-refractivity contribution in [2.24, 2.45) is 11.8 Å². The molecule has 0 aromatic heterocycles. The normalized spacial score (nSPS) is 21.3. The second-order valence-electron chi connectivity index (χ2n) is 8.17. The summed E-state index contributed by atoms with van der Waals surface area (Å²) in [4.78, 5) is 27.8. The van der Waals surface area contributed by atoms with Gasteiger partial charge in [0.25, 0.3) is 0 Å². The van der Waals surface area contributed by atoms with Crippen molar-refractivity contribution in [2.45, 2.75) is 46.0 Å². The lowest BCUT2D eigenvalue weighted by Gasteiger charge is -2.30. The molecule has 1 aliphatic carbocycles. The van der Waals surface area contributed by atoms with Crippen LogP contribution >= 0.6 is 0 Å². The van der Waals surface area contributed by atoms with Crippen LogP contribution in [0.25, 0.3) is 0 Å². The number of carbonyl (C=O) groups excluding carboxylic acids is 2. The van der Waals surface area contributed by atoms with Crippen molar-refractivity contribution < 1.29 is 9.59 Å². The molecular formula is C24H28N2O2. The van der Waals surface area contributed by atoms with E-state index in [1.54, 1.807) is 0 Å². The van der Waals surface area contributed by atoms with Crippen LogP contribution in [0, 0.1) is 25.7 Å². The molecule has 0 spiro atoms. The predicted molar refractivity (Wildman–Crippen MR) is 112 cm³/mol. The van der Waals surface area contributed by atoms with Crippen molar-refractivity contribution >= 4 is 23.2 Å². The minimum absolute atomic E-state index is 0.00563. The molecule has 0 atom stereocenters. The number of amides is 2. The van der Waals surface area contributed by atoms with E-state index in [1.807, 2.05) is 55.1 Å². The highest BCUT2D eigenvalue weighted by Gasteiger charge is 2.34. The van der Waals surface area contributed by atoms with E-state index in [1.165, 1.54) is 5.56 Å². The van der Waals surface area contributed by atoms with Crippen LogP contribution in [0.5, 0.6) is 0 Å². The highest BCUT2D eigenvalue weighted by molar-refractivity contribution is 5.97. The van der Waals surface area contributed by atoms with Gasteiger partial charge in [0.2, 0.25) is 11.8 Å². The zero-order chi connectivity index (χ0) is 19.7. The number of aryl methyl sites for hydroxylation is 2. The number of carbonyl (C=O) groups is 2. The molecular weight excluding hydrogens is 348 g/mol. The van der Waals surface area contributed by atoms with Gasteiger partial charge in [-0.05, 0) is 68.7 Å². The van der Waals surface area contributed by atoms with Gasteiger partial charge in [0.1, 0.15) is 0 Å². The second-order valence-corrected chi connectivity index (χ2v) is 8.17. The first kappa shape index (κ1) is 18.7. The van der Waals surface area contributed by atoms with Crippen LogP contribution in [0.1, 0.15) is 42.4 Å². The van der Waals surface area contributed by atoms with Crippen molar-refractivity contribution in [1.29, 1.82) is 0 Å². The SMILES string of the molecule is Cc1cccc(C)c1NC(=O)C1CCC(C(=O)N2CCc3ccccc32)CC1. The maximum Gasteiger partial charge on any atom is 0.230 e. The Kier molecular flexibility index (Phi) is 5.21. The molecule has 4 rings (SSSR count). The van der Waals surface area contributed by atoms with Gasteiger partial charge < -0.3 is 10.2 Å². The van der Waals surface area contributed by atoms with Gasteiger partial charge in [-0.25, -0.2) is 0 Å². The maximum absolute atomic E-state index is 13.0. The molecule has 1 heterocycles. The zero-order valence-electron chi connectivity index (χ0n) is 16.7. The number of nitrogens with zero attached hydrogens (tertiary/aromatic N) is 1. The van der Waals surface area contributed by atoms with Crippen molar-refractivity contribution in [3.05, 3.63) is 59.2 Å². The summed E-state index contributed by atoms with van der Waals surface area (Å²) >= 11 is 0. The molecule has 1 N–H and O–H groups in total. The number of hydrogen-bond acceptors (Lipinski definition) is 2. The molecule has 2 aromatic carbocycles. The van der Waals surface area contributed by atoms with Crippen molar-refractivity contribution in [3.63, 3.8) is 0 Å². The Morgan fingerprint density at radius 2 is 1.54 bits per heavy atom. The molecule has 0 radical (unpaired) electrons. The van der Waals surface area contributed by atoms with E-state index in [9.17, 15) is 9.59 Å². The molecule has 2 aromatic rings. The first-order valence-corrected chi connectivity index (χ1v) is 10.3. The molecule has 4 nitrogen and oxygen atoms in total. The monoisotopic (exact) mass is 376 g/mol. The van der Waals surface area contributed by atoms with Gasteiger partial charge in [-0.2, -0.15) is 0 Å². The molecule has 28 heavy (non-hydrogen) atoms. The lowest BCUT2D eigenvalue weighted by Crippen LogP contribution is -2.38. The van der Waals surface area contributed by atoms with Gasteiger partial charge in [0, 0.05) is 29.8 Å². The van der Waals surface area contributed by atoms with Crippen LogP contribution in [-0.2, 0) is 16.0 Å².